The van der Waals surface area contributed by atoms with Crippen LogP contribution in [-0.2, 0) is 6.42 Å². The average molecular weight is 281 g/mol. The molecule has 2 unspecified atom stereocenters. The van der Waals surface area contributed by atoms with E-state index in [-0.39, 0.29) is 6.10 Å². The molecule has 2 heteroatoms. The van der Waals surface area contributed by atoms with E-state index in [1.807, 2.05) is 12.1 Å². The standard InChI is InChI=1S/C14H17BrO/c15-13-8-4-5-11(9-13)10-14(16)12-6-2-1-3-7-12/h1-2,4-5,8-9,12,14,16H,3,6-7,10H2. The summed E-state index contributed by atoms with van der Waals surface area (Å²) in [6.07, 6.45) is 8.21. The smallest absolute Gasteiger partial charge is 0.0611 e. The topological polar surface area (TPSA) is 20.2 Å². The van der Waals surface area contributed by atoms with Gasteiger partial charge in [-0.2, -0.15) is 0 Å². The summed E-state index contributed by atoms with van der Waals surface area (Å²) >= 11 is 3.46. The van der Waals surface area contributed by atoms with Crippen molar-refractivity contribution in [2.45, 2.75) is 31.8 Å². The zero-order valence-electron chi connectivity index (χ0n) is 9.27. The van der Waals surface area contributed by atoms with Crippen LogP contribution in [0.1, 0.15) is 24.8 Å². The summed E-state index contributed by atoms with van der Waals surface area (Å²) in [5, 5.41) is 10.2. The molecule has 2 atom stereocenters. The largest absolute Gasteiger partial charge is 0.392 e. The summed E-state index contributed by atoms with van der Waals surface area (Å²) in [6.45, 7) is 0. The second-order valence-electron chi connectivity index (χ2n) is 4.45. The zero-order valence-corrected chi connectivity index (χ0v) is 10.9. The third-order valence-corrected chi connectivity index (χ3v) is 3.68. The summed E-state index contributed by atoms with van der Waals surface area (Å²) < 4.78 is 1.08. The molecular weight excluding hydrogens is 264 g/mol. The Bertz CT molecular complexity index is 373. The molecule has 0 spiro atoms. The van der Waals surface area contributed by atoms with Crippen molar-refractivity contribution in [1.82, 2.24) is 0 Å². The molecule has 86 valence electrons. The van der Waals surface area contributed by atoms with Gasteiger partial charge in [0.05, 0.1) is 6.10 Å². The molecule has 0 heterocycles. The van der Waals surface area contributed by atoms with Gasteiger partial charge in [-0.15, -0.1) is 0 Å². The Morgan fingerprint density at radius 2 is 2.25 bits per heavy atom. The van der Waals surface area contributed by atoms with Crippen LogP contribution in [0, 0.1) is 5.92 Å². The Labute approximate surface area is 105 Å². The SMILES string of the molecule is OC(Cc1cccc(Br)c1)C1CC=CCC1. The second kappa shape index (κ2) is 5.65. The molecule has 1 aliphatic rings. The minimum atomic E-state index is -0.209. The number of benzene rings is 1. The second-order valence-corrected chi connectivity index (χ2v) is 5.36. The first kappa shape index (κ1) is 11.9. The first-order valence-electron chi connectivity index (χ1n) is 5.83. The van der Waals surface area contributed by atoms with Crippen molar-refractivity contribution in [1.29, 1.82) is 0 Å². The Morgan fingerprint density at radius 3 is 2.94 bits per heavy atom. The van der Waals surface area contributed by atoms with Gasteiger partial charge in [0.25, 0.3) is 0 Å². The van der Waals surface area contributed by atoms with E-state index in [1.54, 1.807) is 0 Å². The number of halogens is 1. The maximum absolute atomic E-state index is 10.2. The molecule has 16 heavy (non-hydrogen) atoms. The van der Waals surface area contributed by atoms with Crippen molar-refractivity contribution in [2.75, 3.05) is 0 Å². The molecule has 0 saturated heterocycles. The fourth-order valence-corrected chi connectivity index (χ4v) is 2.69. The van der Waals surface area contributed by atoms with E-state index in [0.717, 1.165) is 30.2 Å². The Balaban J connectivity index is 1.96. The van der Waals surface area contributed by atoms with Crippen LogP contribution in [0.25, 0.3) is 0 Å². The van der Waals surface area contributed by atoms with Gasteiger partial charge in [0.2, 0.25) is 0 Å². The number of allylic oxidation sites excluding steroid dienone is 2. The quantitative estimate of drug-likeness (QED) is 0.837. The summed E-state index contributed by atoms with van der Waals surface area (Å²) in [4.78, 5) is 0. The maximum atomic E-state index is 10.2. The molecule has 0 fully saturated rings. The van der Waals surface area contributed by atoms with Crippen LogP contribution in [0.5, 0.6) is 0 Å². The monoisotopic (exact) mass is 280 g/mol. The van der Waals surface area contributed by atoms with Gasteiger partial charge >= 0.3 is 0 Å². The number of hydrogen-bond donors (Lipinski definition) is 1. The number of rotatable bonds is 3. The minimum Gasteiger partial charge on any atom is -0.392 e. The van der Waals surface area contributed by atoms with E-state index in [9.17, 15) is 5.11 Å². The molecule has 0 aliphatic heterocycles. The van der Waals surface area contributed by atoms with E-state index in [0.29, 0.717) is 5.92 Å². The molecule has 0 saturated carbocycles. The van der Waals surface area contributed by atoms with Gasteiger partial charge in [-0.3, -0.25) is 0 Å². The van der Waals surface area contributed by atoms with Crippen molar-refractivity contribution in [3.8, 4) is 0 Å². The Hall–Kier alpha value is -0.600. The highest BCUT2D eigenvalue weighted by Crippen LogP contribution is 2.24. The number of hydrogen-bond acceptors (Lipinski definition) is 1. The highest BCUT2D eigenvalue weighted by molar-refractivity contribution is 9.10. The van der Waals surface area contributed by atoms with Crippen LogP contribution in [0.2, 0.25) is 0 Å². The predicted octanol–water partition coefficient (Wildman–Crippen LogP) is 3.71. The van der Waals surface area contributed by atoms with Gasteiger partial charge in [-0.05, 0) is 49.3 Å². The lowest BCUT2D eigenvalue weighted by Crippen LogP contribution is -2.23. The van der Waals surface area contributed by atoms with Gasteiger partial charge in [-0.25, -0.2) is 0 Å². The lowest BCUT2D eigenvalue weighted by Gasteiger charge is -2.23. The molecule has 0 bridgehead atoms. The predicted molar refractivity (Wildman–Crippen MR) is 70.3 cm³/mol. The van der Waals surface area contributed by atoms with Crippen LogP contribution in [0.4, 0.5) is 0 Å². The van der Waals surface area contributed by atoms with Crippen LogP contribution >= 0.6 is 15.9 Å². The molecule has 1 aromatic carbocycles. The van der Waals surface area contributed by atoms with Crippen LogP contribution in [0.3, 0.4) is 0 Å². The lowest BCUT2D eigenvalue weighted by atomic mass is 9.86. The maximum Gasteiger partial charge on any atom is 0.0611 e. The third kappa shape index (κ3) is 3.19. The van der Waals surface area contributed by atoms with Crippen molar-refractivity contribution >= 4 is 15.9 Å². The summed E-state index contributed by atoms with van der Waals surface area (Å²) in [5.41, 5.74) is 1.21. The molecule has 0 amide bonds. The van der Waals surface area contributed by atoms with Crippen molar-refractivity contribution in [3.05, 3.63) is 46.5 Å². The van der Waals surface area contributed by atoms with Gasteiger partial charge in [-0.1, -0.05) is 40.2 Å². The van der Waals surface area contributed by atoms with Crippen LogP contribution in [0.15, 0.2) is 40.9 Å². The van der Waals surface area contributed by atoms with Gasteiger partial charge in [0.15, 0.2) is 0 Å². The summed E-state index contributed by atoms with van der Waals surface area (Å²) in [7, 11) is 0. The zero-order chi connectivity index (χ0) is 11.4. The average Bonchev–Trinajstić information content (AvgIpc) is 2.30. The molecule has 2 rings (SSSR count). The van der Waals surface area contributed by atoms with E-state index < -0.39 is 0 Å². The van der Waals surface area contributed by atoms with Gasteiger partial charge in [0, 0.05) is 4.47 Å². The lowest BCUT2D eigenvalue weighted by molar-refractivity contribution is 0.102. The highest BCUT2D eigenvalue weighted by Gasteiger charge is 2.19. The van der Waals surface area contributed by atoms with E-state index in [1.165, 1.54) is 5.56 Å². The molecule has 1 nitrogen and oxygen atoms in total. The van der Waals surface area contributed by atoms with Crippen molar-refractivity contribution in [3.63, 3.8) is 0 Å². The van der Waals surface area contributed by atoms with E-state index in [4.69, 9.17) is 0 Å². The first-order chi connectivity index (χ1) is 7.75. The molecular formula is C14H17BrO. The number of aliphatic hydroxyl groups is 1. The molecule has 0 radical (unpaired) electrons. The summed E-state index contributed by atoms with van der Waals surface area (Å²) in [5.74, 6) is 0.434. The third-order valence-electron chi connectivity index (χ3n) is 3.19. The molecule has 1 aromatic rings. The normalized spacial score (nSPS) is 22.0. The van der Waals surface area contributed by atoms with Crippen LogP contribution < -0.4 is 0 Å². The molecule has 1 aliphatic carbocycles. The number of aliphatic hydroxyl groups excluding tert-OH is 1. The van der Waals surface area contributed by atoms with E-state index >= 15 is 0 Å². The van der Waals surface area contributed by atoms with Crippen molar-refractivity contribution < 1.29 is 5.11 Å². The van der Waals surface area contributed by atoms with E-state index in [2.05, 4.69) is 40.2 Å². The minimum absolute atomic E-state index is 0.209. The Morgan fingerprint density at radius 1 is 1.38 bits per heavy atom. The fraction of sp³-hybridized carbons (Fsp3) is 0.429. The van der Waals surface area contributed by atoms with Crippen molar-refractivity contribution in [2.24, 2.45) is 5.92 Å². The highest BCUT2D eigenvalue weighted by atomic mass is 79.9. The van der Waals surface area contributed by atoms with Gasteiger partial charge in [0.1, 0.15) is 0 Å². The first-order valence-corrected chi connectivity index (χ1v) is 6.62. The molecule has 1 N–H and O–H groups in total. The fourth-order valence-electron chi connectivity index (χ4n) is 2.24. The van der Waals surface area contributed by atoms with Gasteiger partial charge < -0.3 is 5.11 Å². The van der Waals surface area contributed by atoms with Crippen LogP contribution in [-0.4, -0.2) is 11.2 Å². The Kier molecular flexibility index (Phi) is 4.19. The summed E-state index contributed by atoms with van der Waals surface area (Å²) in [6, 6.07) is 8.20. The molecule has 0 aromatic heterocycles.